The van der Waals surface area contributed by atoms with Crippen molar-refractivity contribution in [3.05, 3.63) is 52.3 Å². The maximum Gasteiger partial charge on any atom is 0.596 e. The number of aryl methyl sites for hydroxylation is 1. The summed E-state index contributed by atoms with van der Waals surface area (Å²) >= 11 is 0. The van der Waals surface area contributed by atoms with Crippen molar-refractivity contribution >= 4 is 23.7 Å². The van der Waals surface area contributed by atoms with Crippen molar-refractivity contribution in [3.8, 4) is 5.75 Å². The first kappa shape index (κ1) is 29.1. The lowest BCUT2D eigenvalue weighted by Gasteiger charge is -2.29. The van der Waals surface area contributed by atoms with E-state index in [1.807, 2.05) is 39.8 Å². The molecule has 11 nitrogen and oxygen atoms in total. The van der Waals surface area contributed by atoms with Crippen LogP contribution in [0.1, 0.15) is 90.2 Å². The van der Waals surface area contributed by atoms with Crippen LogP contribution < -0.4 is 10.1 Å². The van der Waals surface area contributed by atoms with Crippen LogP contribution in [0.15, 0.2) is 24.3 Å². The van der Waals surface area contributed by atoms with Crippen molar-refractivity contribution in [1.29, 1.82) is 0 Å². The maximum absolute atomic E-state index is 12.7. The average molecular weight is 553 g/mol. The van der Waals surface area contributed by atoms with E-state index in [1.54, 1.807) is 17.6 Å². The van der Waals surface area contributed by atoms with E-state index in [-0.39, 0.29) is 23.0 Å². The Bertz CT molecular complexity index is 1330. The zero-order valence-electron chi connectivity index (χ0n) is 24.0. The van der Waals surface area contributed by atoms with Crippen molar-refractivity contribution in [2.75, 3.05) is 33.2 Å². The number of carboxylic acid groups (broad SMARTS) is 1. The molecule has 1 aromatic carbocycles. The Kier molecular flexibility index (Phi) is 8.53. The number of rotatable bonds is 8. The van der Waals surface area contributed by atoms with Crippen LogP contribution in [-0.2, 0) is 4.74 Å². The topological polar surface area (TPSA) is 134 Å². The minimum atomic E-state index is -1.12. The van der Waals surface area contributed by atoms with Crippen LogP contribution in [-0.4, -0.2) is 87.3 Å². The largest absolute Gasteiger partial charge is 0.596 e. The zero-order valence-corrected chi connectivity index (χ0v) is 24.0. The Labute approximate surface area is 234 Å². The second kappa shape index (κ2) is 11.7. The molecule has 2 heterocycles. The number of hydrogen-bond donors (Lipinski definition) is 2. The highest BCUT2D eigenvalue weighted by Gasteiger charge is 2.34. The Morgan fingerprint density at radius 1 is 1.15 bits per heavy atom. The van der Waals surface area contributed by atoms with Gasteiger partial charge in [0.1, 0.15) is 17.0 Å². The van der Waals surface area contributed by atoms with Gasteiger partial charge in [-0.15, -0.1) is 4.58 Å². The standard InChI is InChI=1S/C29H37N5O6/c1-17-13-24(21(26(35)30-6)14-20(17)27(36)37)39-25(23-10-9-22(31-32-23)19-7-8-19)16-33-11-12-34(18(2)15-33)28(38)40-29(3,4)5/h9-10,13-14,19,25H,7-8,11-12,15-16H2,1-6H3,(H-,30,35,36,37)/p+1. The smallest absolute Gasteiger partial charge is 0.482 e. The summed E-state index contributed by atoms with van der Waals surface area (Å²) < 4.78 is 13.7. The van der Waals surface area contributed by atoms with Gasteiger partial charge >= 0.3 is 12.1 Å². The second-order valence-electron chi connectivity index (χ2n) is 11.4. The van der Waals surface area contributed by atoms with Crippen LogP contribution in [0.25, 0.3) is 0 Å². The van der Waals surface area contributed by atoms with Crippen molar-refractivity contribution in [3.63, 3.8) is 0 Å². The fourth-order valence-corrected chi connectivity index (χ4v) is 4.66. The van der Waals surface area contributed by atoms with Gasteiger partial charge in [-0.25, -0.2) is 4.79 Å². The highest BCUT2D eigenvalue weighted by Crippen LogP contribution is 2.39. The van der Waals surface area contributed by atoms with Gasteiger partial charge in [0.2, 0.25) is 0 Å². The number of carbonyl (C=O) groups excluding carboxylic acids is 2. The minimum Gasteiger partial charge on any atom is -0.482 e. The fourth-order valence-electron chi connectivity index (χ4n) is 4.66. The third kappa shape index (κ3) is 7.01. The molecule has 1 fully saturated rings. The lowest BCUT2D eigenvalue weighted by atomic mass is 10.0. The van der Waals surface area contributed by atoms with Crippen molar-refractivity contribution in [2.45, 2.75) is 65.1 Å². The molecule has 1 saturated carbocycles. The van der Waals surface area contributed by atoms with Gasteiger partial charge in [0.05, 0.1) is 29.9 Å². The number of carbonyl (C=O) groups is 3. The second-order valence-corrected chi connectivity index (χ2v) is 11.4. The van der Waals surface area contributed by atoms with Gasteiger partial charge in [-0.05, 0) is 70.4 Å². The lowest BCUT2D eigenvalue weighted by molar-refractivity contribution is -0.458. The van der Waals surface area contributed by atoms with Gasteiger partial charge in [0.15, 0.2) is 18.4 Å². The predicted molar refractivity (Wildman–Crippen MR) is 147 cm³/mol. The summed E-state index contributed by atoms with van der Waals surface area (Å²) in [7, 11) is 1.48. The molecule has 11 heteroatoms. The third-order valence-corrected chi connectivity index (χ3v) is 6.92. The van der Waals surface area contributed by atoms with Crippen LogP contribution >= 0.6 is 0 Å². The number of benzene rings is 1. The molecular formula is C29H38N5O6+. The van der Waals surface area contributed by atoms with Crippen LogP contribution in [0.2, 0.25) is 0 Å². The Balaban J connectivity index is 1.63. The van der Waals surface area contributed by atoms with Gasteiger partial charge in [-0.3, -0.25) is 9.69 Å². The summed E-state index contributed by atoms with van der Waals surface area (Å²) in [5, 5.41) is 21.1. The number of amides is 2. The predicted octanol–water partition coefficient (Wildman–Crippen LogP) is 3.56. The molecule has 0 spiro atoms. The zero-order chi connectivity index (χ0) is 29.2. The van der Waals surface area contributed by atoms with E-state index in [1.165, 1.54) is 13.1 Å². The summed E-state index contributed by atoms with van der Waals surface area (Å²) in [4.78, 5) is 39.3. The van der Waals surface area contributed by atoms with Crippen LogP contribution in [0.4, 0.5) is 4.79 Å². The molecule has 2 amide bonds. The maximum atomic E-state index is 12.7. The molecule has 1 aliphatic heterocycles. The van der Waals surface area contributed by atoms with Crippen LogP contribution in [0.3, 0.4) is 0 Å². The van der Waals surface area contributed by atoms with E-state index in [0.717, 1.165) is 24.2 Å². The number of nitrogens with one attached hydrogen (secondary N) is 1. The summed E-state index contributed by atoms with van der Waals surface area (Å²) in [5.74, 6) is -0.874. The Hall–Kier alpha value is -3.86. The average Bonchev–Trinajstić information content (AvgIpc) is 3.72. The molecule has 1 aliphatic carbocycles. The molecule has 1 aromatic heterocycles. The van der Waals surface area contributed by atoms with E-state index >= 15 is 0 Å². The summed E-state index contributed by atoms with van der Waals surface area (Å²) in [6, 6.07) is 6.77. The highest BCUT2D eigenvalue weighted by molar-refractivity contribution is 6.00. The molecule has 4 rings (SSSR count). The van der Waals surface area contributed by atoms with Gasteiger partial charge in [-0.1, -0.05) is 0 Å². The molecule has 40 heavy (non-hydrogen) atoms. The number of ether oxygens (including phenoxy) is 2. The van der Waals surface area contributed by atoms with Crippen LogP contribution in [0, 0.1) is 6.92 Å². The Morgan fingerprint density at radius 3 is 2.42 bits per heavy atom. The summed E-state index contributed by atoms with van der Waals surface area (Å²) in [6.07, 6.45) is 1.23. The van der Waals surface area contributed by atoms with E-state index in [0.29, 0.717) is 43.4 Å². The van der Waals surface area contributed by atoms with Gasteiger partial charge in [0, 0.05) is 26.4 Å². The van der Waals surface area contributed by atoms with E-state index in [2.05, 4.69) is 20.4 Å². The molecule has 0 radical (unpaired) electrons. The van der Waals surface area contributed by atoms with E-state index in [4.69, 9.17) is 9.47 Å². The third-order valence-electron chi connectivity index (χ3n) is 6.92. The lowest BCUT2D eigenvalue weighted by Crippen LogP contribution is -2.48. The number of hydrogen-bond acceptors (Lipinski definition) is 8. The molecule has 0 saturated heterocycles. The molecule has 1 unspecified atom stereocenters. The molecule has 2 N–H and O–H groups in total. The van der Waals surface area contributed by atoms with Crippen molar-refractivity contribution in [1.82, 2.24) is 20.4 Å². The van der Waals surface area contributed by atoms with Gasteiger partial charge in [0.25, 0.3) is 5.91 Å². The number of aromatic nitrogens is 2. The Morgan fingerprint density at radius 2 is 1.88 bits per heavy atom. The van der Waals surface area contributed by atoms with Crippen LogP contribution in [0.5, 0.6) is 5.75 Å². The number of aromatic carboxylic acids is 1. The van der Waals surface area contributed by atoms with Gasteiger partial charge in [-0.2, -0.15) is 15.0 Å². The van der Waals surface area contributed by atoms with E-state index in [9.17, 15) is 19.5 Å². The molecule has 2 aromatic rings. The normalized spacial score (nSPS) is 16.9. The van der Waals surface area contributed by atoms with Crippen molar-refractivity contribution in [2.24, 2.45) is 0 Å². The first-order valence-electron chi connectivity index (χ1n) is 13.5. The summed E-state index contributed by atoms with van der Waals surface area (Å²) in [6.45, 7) is 11.0. The molecule has 2 aliphatic rings. The summed E-state index contributed by atoms with van der Waals surface area (Å²) in [5.41, 5.74) is 2.43. The quantitative estimate of drug-likeness (QED) is 0.472. The minimum absolute atomic E-state index is 0.0274. The fraction of sp³-hybridized carbons (Fsp3) is 0.517. The number of carboxylic acids is 1. The first-order valence-corrected chi connectivity index (χ1v) is 13.5. The highest BCUT2D eigenvalue weighted by atomic mass is 16.6. The molecule has 0 bridgehead atoms. The first-order chi connectivity index (χ1) is 18.9. The van der Waals surface area contributed by atoms with E-state index < -0.39 is 23.6 Å². The monoisotopic (exact) mass is 552 g/mol. The molecular weight excluding hydrogens is 514 g/mol. The molecule has 214 valence electrons. The van der Waals surface area contributed by atoms with Gasteiger partial charge < -0.3 is 19.9 Å². The van der Waals surface area contributed by atoms with Crippen molar-refractivity contribution < 1.29 is 33.5 Å². The number of nitrogens with zero attached hydrogens (tertiary/aromatic N) is 4. The molecule has 1 atom stereocenters. The SMILES string of the molecule is CNC(=O)c1cc(C(=O)O)c(C)cc1OC(CN1CC[N+](C(=O)OC(C)(C)C)=C(C)C1)c1ccc(C2CC2)nn1.